The molecule has 1 aromatic carbocycles. The maximum absolute atomic E-state index is 4.95. The van der Waals surface area contributed by atoms with E-state index in [1.807, 2.05) is 0 Å². The van der Waals surface area contributed by atoms with Crippen LogP contribution in [0.25, 0.3) is 11.0 Å². The fourth-order valence-corrected chi connectivity index (χ4v) is 4.00. The van der Waals surface area contributed by atoms with Gasteiger partial charge in [0.05, 0.1) is 17.6 Å². The molecule has 4 heteroatoms. The summed E-state index contributed by atoms with van der Waals surface area (Å²) in [5, 5.41) is 3.69. The van der Waals surface area contributed by atoms with Crippen LogP contribution in [-0.4, -0.2) is 33.6 Å². The predicted molar refractivity (Wildman–Crippen MR) is 94.4 cm³/mol. The molecular weight excluding hydrogens is 284 g/mol. The molecule has 0 aliphatic carbocycles. The van der Waals surface area contributed by atoms with E-state index in [9.17, 15) is 0 Å². The molecule has 4 nitrogen and oxygen atoms in total. The van der Waals surface area contributed by atoms with E-state index in [1.54, 1.807) is 0 Å². The highest BCUT2D eigenvalue weighted by molar-refractivity contribution is 5.77. The average Bonchev–Trinajstić information content (AvgIpc) is 2.92. The first-order valence-electron chi connectivity index (χ1n) is 9.08. The second-order valence-electron chi connectivity index (χ2n) is 7.64. The van der Waals surface area contributed by atoms with E-state index in [1.165, 1.54) is 35.3 Å². The van der Waals surface area contributed by atoms with E-state index in [0.717, 1.165) is 32.1 Å². The first-order chi connectivity index (χ1) is 11.1. The minimum absolute atomic E-state index is 0.501. The smallest absolute Gasteiger partial charge is 0.124 e. The largest absolute Gasteiger partial charge is 0.326 e. The Morgan fingerprint density at radius 2 is 2.09 bits per heavy atom. The van der Waals surface area contributed by atoms with Crippen LogP contribution >= 0.6 is 0 Å². The van der Waals surface area contributed by atoms with Gasteiger partial charge >= 0.3 is 0 Å². The summed E-state index contributed by atoms with van der Waals surface area (Å²) in [5.41, 5.74) is 3.88. The molecule has 2 aliphatic heterocycles. The van der Waals surface area contributed by atoms with Crippen molar-refractivity contribution in [1.82, 2.24) is 19.8 Å². The molecule has 23 heavy (non-hydrogen) atoms. The Labute approximate surface area is 138 Å². The molecule has 4 rings (SSSR count). The molecule has 2 atom stereocenters. The summed E-state index contributed by atoms with van der Waals surface area (Å²) in [4.78, 5) is 7.46. The Bertz CT molecular complexity index is 695. The van der Waals surface area contributed by atoms with E-state index < -0.39 is 0 Å². The fraction of sp³-hybridized carbons (Fsp3) is 0.632. The summed E-state index contributed by atoms with van der Waals surface area (Å²) in [6.45, 7) is 11.2. The Balaban J connectivity index is 1.63. The van der Waals surface area contributed by atoms with Gasteiger partial charge in [-0.2, -0.15) is 0 Å². The van der Waals surface area contributed by atoms with Crippen LogP contribution in [0.15, 0.2) is 18.2 Å². The van der Waals surface area contributed by atoms with E-state index in [2.05, 4.69) is 53.8 Å². The lowest BCUT2D eigenvalue weighted by Gasteiger charge is -2.31. The van der Waals surface area contributed by atoms with Crippen LogP contribution in [0, 0.1) is 5.92 Å². The van der Waals surface area contributed by atoms with Crippen LogP contribution in [0.3, 0.4) is 0 Å². The number of rotatable bonds is 2. The zero-order valence-electron chi connectivity index (χ0n) is 14.5. The van der Waals surface area contributed by atoms with Gasteiger partial charge in [-0.1, -0.05) is 13.0 Å². The predicted octanol–water partition coefficient (Wildman–Crippen LogP) is 3.32. The fourth-order valence-electron chi connectivity index (χ4n) is 4.00. The molecule has 1 unspecified atom stereocenters. The van der Waals surface area contributed by atoms with Crippen molar-refractivity contribution >= 4 is 11.0 Å². The summed E-state index contributed by atoms with van der Waals surface area (Å²) in [7, 11) is 0. The van der Waals surface area contributed by atoms with Gasteiger partial charge in [0.1, 0.15) is 5.82 Å². The zero-order chi connectivity index (χ0) is 16.0. The van der Waals surface area contributed by atoms with Crippen LogP contribution in [0.2, 0.25) is 0 Å². The molecule has 124 valence electrons. The zero-order valence-corrected chi connectivity index (χ0v) is 14.5. The standard InChI is InChI=1S/C19H28N4/c1-13(2)22-8-9-23-18-7-5-15(10-17(18)21-19(23)12-22)16-6-4-14(3)11-20-16/h5,7,10,13-14,16,20H,4,6,8-9,11-12H2,1-3H3/t14-,16?/m0/s1. The number of hydrogen-bond donors (Lipinski definition) is 1. The topological polar surface area (TPSA) is 33.1 Å². The van der Waals surface area contributed by atoms with Gasteiger partial charge in [0.25, 0.3) is 0 Å². The minimum atomic E-state index is 0.501. The highest BCUT2D eigenvalue weighted by atomic mass is 15.3. The Morgan fingerprint density at radius 3 is 2.83 bits per heavy atom. The van der Waals surface area contributed by atoms with Crippen molar-refractivity contribution in [3.05, 3.63) is 29.6 Å². The van der Waals surface area contributed by atoms with Crippen LogP contribution in [-0.2, 0) is 13.1 Å². The summed E-state index contributed by atoms with van der Waals surface area (Å²) in [5.74, 6) is 2.03. The molecule has 1 fully saturated rings. The van der Waals surface area contributed by atoms with Crippen LogP contribution in [0.4, 0.5) is 0 Å². The number of fused-ring (bicyclic) bond motifs is 3. The first kappa shape index (κ1) is 15.2. The molecule has 0 bridgehead atoms. The molecule has 1 N–H and O–H groups in total. The molecule has 0 amide bonds. The quantitative estimate of drug-likeness (QED) is 0.923. The van der Waals surface area contributed by atoms with Gasteiger partial charge in [0.2, 0.25) is 0 Å². The van der Waals surface area contributed by atoms with Gasteiger partial charge < -0.3 is 9.88 Å². The van der Waals surface area contributed by atoms with Crippen molar-refractivity contribution in [2.75, 3.05) is 13.1 Å². The third-order valence-electron chi connectivity index (χ3n) is 5.60. The SMILES string of the molecule is CC(C)N1CCn2c(nc3cc(C4CC[C@H](C)CN4)ccc32)C1. The number of nitrogens with one attached hydrogen (secondary N) is 1. The highest BCUT2D eigenvalue weighted by Crippen LogP contribution is 2.29. The molecule has 0 radical (unpaired) electrons. The summed E-state index contributed by atoms with van der Waals surface area (Å²) in [6.07, 6.45) is 2.56. The number of aromatic nitrogens is 2. The Morgan fingerprint density at radius 1 is 1.22 bits per heavy atom. The number of imidazole rings is 1. The van der Waals surface area contributed by atoms with Crippen LogP contribution in [0.1, 0.15) is 51.0 Å². The summed E-state index contributed by atoms with van der Waals surface area (Å²) in [6, 6.07) is 7.99. The lowest BCUT2D eigenvalue weighted by Crippen LogP contribution is -2.38. The monoisotopic (exact) mass is 312 g/mol. The first-order valence-corrected chi connectivity index (χ1v) is 9.08. The van der Waals surface area contributed by atoms with Crippen molar-refractivity contribution in [1.29, 1.82) is 0 Å². The molecule has 0 saturated carbocycles. The van der Waals surface area contributed by atoms with Crippen LogP contribution in [0.5, 0.6) is 0 Å². The van der Waals surface area contributed by atoms with Gasteiger partial charge in [-0.25, -0.2) is 4.98 Å². The minimum Gasteiger partial charge on any atom is -0.326 e. The molecule has 1 saturated heterocycles. The highest BCUT2D eigenvalue weighted by Gasteiger charge is 2.23. The van der Waals surface area contributed by atoms with Gasteiger partial charge in [-0.3, -0.25) is 4.90 Å². The van der Waals surface area contributed by atoms with Crippen molar-refractivity contribution in [2.45, 2.75) is 58.8 Å². The lowest BCUT2D eigenvalue weighted by molar-refractivity contribution is 0.175. The number of hydrogen-bond acceptors (Lipinski definition) is 3. The number of benzene rings is 1. The molecule has 2 aromatic rings. The van der Waals surface area contributed by atoms with Gasteiger partial charge in [-0.05, 0) is 56.8 Å². The van der Waals surface area contributed by atoms with E-state index in [-0.39, 0.29) is 0 Å². The number of piperidine rings is 1. The average molecular weight is 312 g/mol. The second-order valence-corrected chi connectivity index (χ2v) is 7.64. The lowest BCUT2D eigenvalue weighted by atomic mass is 9.92. The maximum atomic E-state index is 4.95. The summed E-state index contributed by atoms with van der Waals surface area (Å²) < 4.78 is 2.41. The molecular formula is C19H28N4. The van der Waals surface area contributed by atoms with Gasteiger partial charge in [-0.15, -0.1) is 0 Å². The molecule has 1 aromatic heterocycles. The maximum Gasteiger partial charge on any atom is 0.124 e. The van der Waals surface area contributed by atoms with Crippen molar-refractivity contribution in [3.8, 4) is 0 Å². The third kappa shape index (κ3) is 2.79. The van der Waals surface area contributed by atoms with Gasteiger partial charge in [0.15, 0.2) is 0 Å². The normalized spacial score (nSPS) is 25.9. The van der Waals surface area contributed by atoms with E-state index >= 15 is 0 Å². The number of nitrogens with zero attached hydrogens (tertiary/aromatic N) is 3. The Hall–Kier alpha value is -1.39. The van der Waals surface area contributed by atoms with Crippen molar-refractivity contribution < 1.29 is 0 Å². The van der Waals surface area contributed by atoms with Crippen molar-refractivity contribution in [2.24, 2.45) is 5.92 Å². The third-order valence-corrected chi connectivity index (χ3v) is 5.60. The Kier molecular flexibility index (Phi) is 3.90. The molecule has 0 spiro atoms. The second kappa shape index (κ2) is 5.91. The summed E-state index contributed by atoms with van der Waals surface area (Å²) >= 11 is 0. The van der Waals surface area contributed by atoms with E-state index in [4.69, 9.17) is 4.98 Å². The van der Waals surface area contributed by atoms with Crippen molar-refractivity contribution in [3.63, 3.8) is 0 Å². The van der Waals surface area contributed by atoms with Crippen LogP contribution < -0.4 is 5.32 Å². The van der Waals surface area contributed by atoms with Gasteiger partial charge in [0, 0.05) is 25.2 Å². The molecule has 2 aliphatic rings. The van der Waals surface area contributed by atoms with E-state index in [0.29, 0.717) is 12.1 Å². The molecule has 3 heterocycles.